The number of rotatable bonds is 3. The van der Waals surface area contributed by atoms with E-state index in [1.165, 1.54) is 32.1 Å². The summed E-state index contributed by atoms with van der Waals surface area (Å²) in [7, 11) is 0. The van der Waals surface area contributed by atoms with Gasteiger partial charge in [0, 0.05) is 13.0 Å². The van der Waals surface area contributed by atoms with Crippen molar-refractivity contribution in [3.8, 4) is 0 Å². The summed E-state index contributed by atoms with van der Waals surface area (Å²) in [5, 5.41) is 3.05. The third kappa shape index (κ3) is 4.12. The monoisotopic (exact) mass is 197 g/mol. The molecule has 2 heteroatoms. The Morgan fingerprint density at radius 3 is 2.71 bits per heavy atom. The molecular formula is C12H23NO. The van der Waals surface area contributed by atoms with E-state index in [1.54, 1.807) is 6.92 Å². The zero-order chi connectivity index (χ0) is 10.6. The minimum absolute atomic E-state index is 0.125. The van der Waals surface area contributed by atoms with Crippen molar-refractivity contribution in [3.63, 3.8) is 0 Å². The molecule has 0 bridgehead atoms. The fraction of sp³-hybridized carbons (Fsp3) is 0.917. The number of nitrogens with one attached hydrogen (secondary N) is 1. The Hall–Kier alpha value is -0.530. The molecule has 1 amide bonds. The second-order valence-electron chi connectivity index (χ2n) is 5.06. The van der Waals surface area contributed by atoms with Crippen molar-refractivity contribution in [3.05, 3.63) is 0 Å². The standard InChI is InChI=1S/C12H23NO/c1-9(2)7-11-5-4-6-12(8-11)13-10(3)14/h9,11-12H,4-8H2,1-3H3,(H,13,14). The first-order valence-corrected chi connectivity index (χ1v) is 5.85. The molecule has 2 atom stereocenters. The Labute approximate surface area is 87.5 Å². The number of hydrogen-bond acceptors (Lipinski definition) is 1. The van der Waals surface area contributed by atoms with Crippen molar-refractivity contribution >= 4 is 5.91 Å². The average Bonchev–Trinajstić information content (AvgIpc) is 2.01. The topological polar surface area (TPSA) is 29.1 Å². The van der Waals surface area contributed by atoms with Gasteiger partial charge >= 0.3 is 0 Å². The van der Waals surface area contributed by atoms with Crippen LogP contribution in [-0.2, 0) is 4.79 Å². The van der Waals surface area contributed by atoms with Crippen molar-refractivity contribution in [2.75, 3.05) is 0 Å². The third-order valence-electron chi connectivity index (χ3n) is 2.99. The molecule has 2 nitrogen and oxygen atoms in total. The molecule has 0 heterocycles. The van der Waals surface area contributed by atoms with Crippen molar-refractivity contribution in [2.45, 2.75) is 58.9 Å². The van der Waals surface area contributed by atoms with Gasteiger partial charge in [-0.3, -0.25) is 4.79 Å². The first-order valence-electron chi connectivity index (χ1n) is 5.85. The molecule has 0 aromatic carbocycles. The molecule has 2 unspecified atom stereocenters. The molecule has 14 heavy (non-hydrogen) atoms. The average molecular weight is 197 g/mol. The summed E-state index contributed by atoms with van der Waals surface area (Å²) in [6.45, 7) is 6.18. The first-order chi connectivity index (χ1) is 6.58. The van der Waals surface area contributed by atoms with Gasteiger partial charge in [-0.1, -0.05) is 26.7 Å². The molecule has 0 aromatic heterocycles. The lowest BCUT2D eigenvalue weighted by atomic mass is 9.81. The maximum Gasteiger partial charge on any atom is 0.217 e. The van der Waals surface area contributed by atoms with E-state index in [9.17, 15) is 4.79 Å². The van der Waals surface area contributed by atoms with Crippen LogP contribution in [-0.4, -0.2) is 11.9 Å². The SMILES string of the molecule is CC(=O)NC1CCCC(CC(C)C)C1. The van der Waals surface area contributed by atoms with E-state index in [1.807, 2.05) is 0 Å². The van der Waals surface area contributed by atoms with Crippen LogP contribution in [0.5, 0.6) is 0 Å². The summed E-state index contributed by atoms with van der Waals surface area (Å²) >= 11 is 0. The van der Waals surface area contributed by atoms with E-state index in [0.29, 0.717) is 6.04 Å². The molecule has 0 spiro atoms. The summed E-state index contributed by atoms with van der Waals surface area (Å²) in [6.07, 6.45) is 6.32. The van der Waals surface area contributed by atoms with Crippen LogP contribution < -0.4 is 5.32 Å². The summed E-state index contributed by atoms with van der Waals surface area (Å²) < 4.78 is 0. The molecule has 0 radical (unpaired) electrons. The highest BCUT2D eigenvalue weighted by Gasteiger charge is 2.22. The Morgan fingerprint density at radius 1 is 1.43 bits per heavy atom. The molecule has 1 N–H and O–H groups in total. The van der Waals surface area contributed by atoms with Crippen LogP contribution in [0.2, 0.25) is 0 Å². The van der Waals surface area contributed by atoms with E-state index in [-0.39, 0.29) is 5.91 Å². The maximum atomic E-state index is 10.9. The Morgan fingerprint density at radius 2 is 2.14 bits per heavy atom. The van der Waals surface area contributed by atoms with Gasteiger partial charge in [0.15, 0.2) is 0 Å². The Balaban J connectivity index is 2.32. The summed E-state index contributed by atoms with van der Waals surface area (Å²) in [5.41, 5.74) is 0. The lowest BCUT2D eigenvalue weighted by molar-refractivity contribution is -0.119. The molecule has 1 aliphatic rings. The van der Waals surface area contributed by atoms with Gasteiger partial charge < -0.3 is 5.32 Å². The second-order valence-corrected chi connectivity index (χ2v) is 5.06. The minimum atomic E-state index is 0.125. The number of amides is 1. The van der Waals surface area contributed by atoms with Gasteiger partial charge in [0.25, 0.3) is 0 Å². The van der Waals surface area contributed by atoms with Gasteiger partial charge in [-0.15, -0.1) is 0 Å². The normalized spacial score (nSPS) is 27.7. The van der Waals surface area contributed by atoms with E-state index < -0.39 is 0 Å². The van der Waals surface area contributed by atoms with Gasteiger partial charge in [0.05, 0.1) is 0 Å². The molecule has 0 aliphatic heterocycles. The molecule has 1 rings (SSSR count). The van der Waals surface area contributed by atoms with Crippen molar-refractivity contribution < 1.29 is 4.79 Å². The second kappa shape index (κ2) is 5.38. The molecule has 82 valence electrons. The van der Waals surface area contributed by atoms with E-state index in [2.05, 4.69) is 19.2 Å². The lowest BCUT2D eigenvalue weighted by Gasteiger charge is -2.30. The molecule has 0 saturated heterocycles. The Kier molecular flexibility index (Phi) is 4.43. The van der Waals surface area contributed by atoms with Crippen LogP contribution >= 0.6 is 0 Å². The van der Waals surface area contributed by atoms with Crippen LogP contribution in [0.25, 0.3) is 0 Å². The minimum Gasteiger partial charge on any atom is -0.354 e. The first kappa shape index (κ1) is 11.5. The largest absolute Gasteiger partial charge is 0.354 e. The zero-order valence-corrected chi connectivity index (χ0v) is 9.68. The van der Waals surface area contributed by atoms with Gasteiger partial charge in [-0.25, -0.2) is 0 Å². The van der Waals surface area contributed by atoms with Crippen molar-refractivity contribution in [2.24, 2.45) is 11.8 Å². The highest BCUT2D eigenvalue weighted by atomic mass is 16.1. The van der Waals surface area contributed by atoms with E-state index in [4.69, 9.17) is 0 Å². The van der Waals surface area contributed by atoms with E-state index >= 15 is 0 Å². The highest BCUT2D eigenvalue weighted by Crippen LogP contribution is 2.29. The van der Waals surface area contributed by atoms with Crippen LogP contribution in [0, 0.1) is 11.8 Å². The smallest absolute Gasteiger partial charge is 0.217 e. The molecule has 0 aromatic rings. The Bertz CT molecular complexity index is 189. The number of carbonyl (C=O) groups is 1. The summed E-state index contributed by atoms with van der Waals surface area (Å²) in [4.78, 5) is 10.9. The lowest BCUT2D eigenvalue weighted by Crippen LogP contribution is -2.37. The zero-order valence-electron chi connectivity index (χ0n) is 9.68. The predicted octanol–water partition coefficient (Wildman–Crippen LogP) is 2.73. The van der Waals surface area contributed by atoms with Gasteiger partial charge in [0.2, 0.25) is 5.91 Å². The van der Waals surface area contributed by atoms with Crippen molar-refractivity contribution in [1.29, 1.82) is 0 Å². The van der Waals surface area contributed by atoms with Gasteiger partial charge in [-0.05, 0) is 31.1 Å². The van der Waals surface area contributed by atoms with Crippen LogP contribution in [0.1, 0.15) is 52.9 Å². The van der Waals surface area contributed by atoms with Crippen molar-refractivity contribution in [1.82, 2.24) is 5.32 Å². The predicted molar refractivity (Wildman–Crippen MR) is 59.0 cm³/mol. The fourth-order valence-electron chi connectivity index (χ4n) is 2.59. The maximum absolute atomic E-state index is 10.9. The number of hydrogen-bond donors (Lipinski definition) is 1. The van der Waals surface area contributed by atoms with Crippen LogP contribution in [0.15, 0.2) is 0 Å². The fourth-order valence-corrected chi connectivity index (χ4v) is 2.59. The van der Waals surface area contributed by atoms with E-state index in [0.717, 1.165) is 11.8 Å². The third-order valence-corrected chi connectivity index (χ3v) is 2.99. The summed E-state index contributed by atoms with van der Waals surface area (Å²) in [5.74, 6) is 1.75. The molecular weight excluding hydrogens is 174 g/mol. The summed E-state index contributed by atoms with van der Waals surface area (Å²) in [6, 6.07) is 0.449. The van der Waals surface area contributed by atoms with Crippen LogP contribution in [0.4, 0.5) is 0 Å². The van der Waals surface area contributed by atoms with Gasteiger partial charge in [0.1, 0.15) is 0 Å². The van der Waals surface area contributed by atoms with Crippen LogP contribution in [0.3, 0.4) is 0 Å². The molecule has 1 aliphatic carbocycles. The quantitative estimate of drug-likeness (QED) is 0.740. The molecule has 1 saturated carbocycles. The molecule has 1 fully saturated rings. The highest BCUT2D eigenvalue weighted by molar-refractivity contribution is 5.73. The number of carbonyl (C=O) groups excluding carboxylic acids is 1. The van der Waals surface area contributed by atoms with Gasteiger partial charge in [-0.2, -0.15) is 0 Å².